The molecular formula is C13H17N3. The van der Waals surface area contributed by atoms with Gasteiger partial charge in [0.2, 0.25) is 0 Å². The van der Waals surface area contributed by atoms with Crippen molar-refractivity contribution in [2.45, 2.75) is 25.3 Å². The van der Waals surface area contributed by atoms with Crippen LogP contribution in [0, 0.1) is 5.92 Å². The van der Waals surface area contributed by atoms with Gasteiger partial charge in [0.05, 0.1) is 11.2 Å². The average molecular weight is 215 g/mol. The van der Waals surface area contributed by atoms with Crippen LogP contribution in [0.5, 0.6) is 0 Å². The summed E-state index contributed by atoms with van der Waals surface area (Å²) in [7, 11) is 1.99. The summed E-state index contributed by atoms with van der Waals surface area (Å²) in [6.07, 6.45) is 3.50. The van der Waals surface area contributed by atoms with Gasteiger partial charge in [-0.1, -0.05) is 18.2 Å². The van der Waals surface area contributed by atoms with Crippen molar-refractivity contribution < 1.29 is 0 Å². The molecule has 1 aromatic carbocycles. The number of nitrogens with two attached hydrogens (primary N) is 1. The van der Waals surface area contributed by atoms with Crippen molar-refractivity contribution in [3.8, 4) is 0 Å². The Hall–Kier alpha value is -1.35. The lowest BCUT2D eigenvalue weighted by atomic mass is 10.1. The largest absolute Gasteiger partial charge is 0.327 e. The number of rotatable bonds is 3. The molecule has 3 heteroatoms. The third-order valence-corrected chi connectivity index (χ3v) is 3.49. The number of fused-ring (bicyclic) bond motifs is 1. The second-order valence-electron chi connectivity index (χ2n) is 4.79. The SMILES string of the molecule is Cn1nc(CC(N)C2CC2)c2ccccc21. The van der Waals surface area contributed by atoms with Crippen molar-refractivity contribution >= 4 is 10.9 Å². The first-order valence-corrected chi connectivity index (χ1v) is 5.92. The third kappa shape index (κ3) is 1.61. The Morgan fingerprint density at radius 2 is 2.19 bits per heavy atom. The van der Waals surface area contributed by atoms with Crippen LogP contribution >= 0.6 is 0 Å². The van der Waals surface area contributed by atoms with Crippen molar-refractivity contribution in [2.24, 2.45) is 18.7 Å². The molecule has 2 N–H and O–H groups in total. The van der Waals surface area contributed by atoms with Gasteiger partial charge in [-0.05, 0) is 24.8 Å². The topological polar surface area (TPSA) is 43.8 Å². The van der Waals surface area contributed by atoms with Crippen LogP contribution in [0.4, 0.5) is 0 Å². The van der Waals surface area contributed by atoms with Crippen molar-refractivity contribution in [2.75, 3.05) is 0 Å². The number of hydrogen-bond acceptors (Lipinski definition) is 2. The number of para-hydroxylation sites is 1. The molecule has 84 valence electrons. The Labute approximate surface area is 95.2 Å². The number of benzene rings is 1. The lowest BCUT2D eigenvalue weighted by Gasteiger charge is -2.07. The van der Waals surface area contributed by atoms with Crippen LogP contribution in [0.3, 0.4) is 0 Å². The van der Waals surface area contributed by atoms with Crippen molar-refractivity contribution in [1.82, 2.24) is 9.78 Å². The summed E-state index contributed by atoms with van der Waals surface area (Å²) < 4.78 is 1.95. The van der Waals surface area contributed by atoms with Crippen molar-refractivity contribution in [3.05, 3.63) is 30.0 Å². The third-order valence-electron chi connectivity index (χ3n) is 3.49. The Morgan fingerprint density at radius 3 is 2.94 bits per heavy atom. The van der Waals surface area contributed by atoms with Crippen molar-refractivity contribution in [1.29, 1.82) is 0 Å². The fraction of sp³-hybridized carbons (Fsp3) is 0.462. The van der Waals surface area contributed by atoms with E-state index in [0.717, 1.165) is 18.0 Å². The summed E-state index contributed by atoms with van der Waals surface area (Å²) in [5.41, 5.74) is 8.51. The van der Waals surface area contributed by atoms with Crippen LogP contribution in [0.1, 0.15) is 18.5 Å². The maximum atomic E-state index is 6.16. The van der Waals surface area contributed by atoms with E-state index in [2.05, 4.69) is 29.4 Å². The van der Waals surface area contributed by atoms with E-state index in [1.54, 1.807) is 0 Å². The zero-order chi connectivity index (χ0) is 11.1. The summed E-state index contributed by atoms with van der Waals surface area (Å²) in [5, 5.41) is 5.83. The van der Waals surface area contributed by atoms with Crippen LogP contribution in [0.2, 0.25) is 0 Å². The quantitative estimate of drug-likeness (QED) is 0.849. The first-order valence-electron chi connectivity index (χ1n) is 5.92. The van der Waals surface area contributed by atoms with Gasteiger partial charge in [-0.2, -0.15) is 5.10 Å². The van der Waals surface area contributed by atoms with E-state index >= 15 is 0 Å². The highest BCUT2D eigenvalue weighted by molar-refractivity contribution is 5.81. The maximum absolute atomic E-state index is 6.16. The van der Waals surface area contributed by atoms with Crippen LogP contribution in [-0.4, -0.2) is 15.8 Å². The molecule has 1 aliphatic rings. The second kappa shape index (κ2) is 3.59. The van der Waals surface area contributed by atoms with Crippen LogP contribution in [0.15, 0.2) is 24.3 Å². The van der Waals surface area contributed by atoms with Crippen LogP contribution < -0.4 is 5.73 Å². The molecule has 2 aromatic rings. The Balaban J connectivity index is 1.96. The monoisotopic (exact) mass is 215 g/mol. The molecule has 3 nitrogen and oxygen atoms in total. The highest BCUT2D eigenvalue weighted by atomic mass is 15.3. The number of nitrogens with zero attached hydrogens (tertiary/aromatic N) is 2. The molecule has 0 amide bonds. The van der Waals surface area contributed by atoms with E-state index in [9.17, 15) is 0 Å². The van der Waals surface area contributed by atoms with Gasteiger partial charge in [-0.15, -0.1) is 0 Å². The highest BCUT2D eigenvalue weighted by Crippen LogP contribution is 2.33. The predicted octanol–water partition coefficient (Wildman–Crippen LogP) is 1.85. The smallest absolute Gasteiger partial charge is 0.0718 e. The van der Waals surface area contributed by atoms with E-state index in [1.807, 2.05) is 11.7 Å². The Bertz CT molecular complexity index is 511. The predicted molar refractivity (Wildman–Crippen MR) is 65.1 cm³/mol. The molecule has 1 heterocycles. The molecule has 3 rings (SSSR count). The molecule has 0 saturated heterocycles. The van der Waals surface area contributed by atoms with Gasteiger partial charge >= 0.3 is 0 Å². The first-order chi connectivity index (χ1) is 7.75. The Kier molecular flexibility index (Phi) is 2.21. The molecule has 0 aliphatic heterocycles. The van der Waals surface area contributed by atoms with Gasteiger partial charge < -0.3 is 5.73 Å². The number of aromatic nitrogens is 2. The summed E-state index contributed by atoms with van der Waals surface area (Å²) in [6, 6.07) is 8.65. The standard InChI is InChI=1S/C13H17N3/c1-16-13-5-3-2-4-10(13)12(15-16)8-11(14)9-6-7-9/h2-5,9,11H,6-8,14H2,1H3. The van der Waals surface area contributed by atoms with E-state index in [0.29, 0.717) is 6.04 Å². The summed E-state index contributed by atoms with van der Waals surface area (Å²) in [6.45, 7) is 0. The maximum Gasteiger partial charge on any atom is 0.0718 e. The molecule has 1 aromatic heterocycles. The average Bonchev–Trinajstić information content (AvgIpc) is 3.08. The first kappa shape index (κ1) is 9.85. The zero-order valence-electron chi connectivity index (χ0n) is 9.56. The van der Waals surface area contributed by atoms with Crippen LogP contribution in [0.25, 0.3) is 10.9 Å². The minimum Gasteiger partial charge on any atom is -0.327 e. The highest BCUT2D eigenvalue weighted by Gasteiger charge is 2.29. The van der Waals surface area contributed by atoms with E-state index < -0.39 is 0 Å². The number of hydrogen-bond donors (Lipinski definition) is 1. The minimum atomic E-state index is 0.290. The van der Waals surface area contributed by atoms with Crippen molar-refractivity contribution in [3.63, 3.8) is 0 Å². The molecule has 1 atom stereocenters. The minimum absolute atomic E-state index is 0.290. The molecule has 1 saturated carbocycles. The lowest BCUT2D eigenvalue weighted by molar-refractivity contribution is 0.579. The van der Waals surface area contributed by atoms with E-state index in [1.165, 1.54) is 23.7 Å². The molecule has 16 heavy (non-hydrogen) atoms. The van der Waals surface area contributed by atoms with Gasteiger partial charge in [0.25, 0.3) is 0 Å². The molecule has 1 aliphatic carbocycles. The molecule has 0 spiro atoms. The van der Waals surface area contributed by atoms with Gasteiger partial charge in [0.1, 0.15) is 0 Å². The van der Waals surface area contributed by atoms with Gasteiger partial charge in [0, 0.05) is 24.9 Å². The zero-order valence-corrected chi connectivity index (χ0v) is 9.56. The summed E-state index contributed by atoms with van der Waals surface area (Å²) >= 11 is 0. The molecular weight excluding hydrogens is 198 g/mol. The van der Waals surface area contributed by atoms with E-state index in [-0.39, 0.29) is 0 Å². The molecule has 0 radical (unpaired) electrons. The normalized spacial score (nSPS) is 17.9. The van der Waals surface area contributed by atoms with Gasteiger partial charge in [-0.25, -0.2) is 0 Å². The number of aryl methyl sites for hydroxylation is 1. The second-order valence-corrected chi connectivity index (χ2v) is 4.79. The van der Waals surface area contributed by atoms with Crippen LogP contribution in [-0.2, 0) is 13.5 Å². The fourth-order valence-electron chi connectivity index (χ4n) is 2.35. The van der Waals surface area contributed by atoms with Gasteiger partial charge in [0.15, 0.2) is 0 Å². The summed E-state index contributed by atoms with van der Waals surface area (Å²) in [5.74, 6) is 0.737. The lowest BCUT2D eigenvalue weighted by Crippen LogP contribution is -2.25. The fourth-order valence-corrected chi connectivity index (χ4v) is 2.35. The summed E-state index contributed by atoms with van der Waals surface area (Å²) in [4.78, 5) is 0. The Morgan fingerprint density at radius 1 is 1.44 bits per heavy atom. The van der Waals surface area contributed by atoms with E-state index in [4.69, 9.17) is 5.73 Å². The molecule has 0 bridgehead atoms. The molecule has 1 fully saturated rings. The molecule has 1 unspecified atom stereocenters. The van der Waals surface area contributed by atoms with Gasteiger partial charge in [-0.3, -0.25) is 4.68 Å².